The molecule has 1 N–H and O–H groups in total. The van der Waals surface area contributed by atoms with Gasteiger partial charge in [0.05, 0.1) is 46.0 Å². The Morgan fingerprint density at radius 3 is 2.08 bits per heavy atom. The zero-order chi connectivity index (χ0) is 28.3. The van der Waals surface area contributed by atoms with E-state index in [1.807, 2.05) is 13.8 Å². The molecule has 1 aliphatic carbocycles. The summed E-state index contributed by atoms with van der Waals surface area (Å²) in [7, 11) is 0. The van der Waals surface area contributed by atoms with Crippen LogP contribution in [0.1, 0.15) is 47.4 Å². The Morgan fingerprint density at radius 2 is 1.49 bits per heavy atom. The third kappa shape index (κ3) is 6.59. The Labute approximate surface area is 235 Å². The molecule has 0 unspecified atom stereocenters. The van der Waals surface area contributed by atoms with E-state index < -0.39 is 47.0 Å². The number of nitrogens with one attached hydrogen (secondary N) is 1. The van der Waals surface area contributed by atoms with Crippen LogP contribution < -0.4 is 10.2 Å². The lowest BCUT2D eigenvalue weighted by Crippen LogP contribution is -2.34. The molecule has 2 aromatic carbocycles. The Bertz CT molecular complexity index is 1250. The third-order valence-corrected chi connectivity index (χ3v) is 7.63. The smallest absolute Gasteiger partial charge is 0.338 e. The van der Waals surface area contributed by atoms with Gasteiger partial charge < -0.3 is 14.8 Å². The van der Waals surface area contributed by atoms with Crippen LogP contribution in [-0.2, 0) is 23.9 Å². The molecule has 206 valence electrons. The minimum absolute atomic E-state index is 0.0745. The number of hydrogen-bond acceptors (Lipinski definition) is 7. The van der Waals surface area contributed by atoms with E-state index >= 15 is 0 Å². The van der Waals surface area contributed by atoms with Crippen molar-refractivity contribution in [3.05, 3.63) is 59.7 Å². The number of carbonyl (C=O) groups excluding carboxylic acids is 5. The molecule has 0 bridgehead atoms. The van der Waals surface area contributed by atoms with Crippen LogP contribution in [0.4, 0.5) is 11.4 Å². The highest BCUT2D eigenvalue weighted by Crippen LogP contribution is 2.43. The van der Waals surface area contributed by atoms with Gasteiger partial charge in [0, 0.05) is 5.69 Å². The second-order valence-electron chi connectivity index (χ2n) is 9.97. The maximum absolute atomic E-state index is 13.0. The first kappa shape index (κ1) is 28.6. The van der Waals surface area contributed by atoms with Gasteiger partial charge in [0.15, 0.2) is 6.61 Å². The molecule has 0 radical (unpaired) electrons. The molecule has 4 atom stereocenters. The van der Waals surface area contributed by atoms with Gasteiger partial charge in [-0.25, -0.2) is 9.59 Å². The van der Waals surface area contributed by atoms with E-state index in [4.69, 9.17) is 32.7 Å². The number of anilines is 2. The van der Waals surface area contributed by atoms with Gasteiger partial charge in [-0.15, -0.1) is 23.2 Å². The van der Waals surface area contributed by atoms with E-state index in [9.17, 15) is 24.0 Å². The molecule has 1 aliphatic heterocycles. The normalized spacial score (nSPS) is 22.4. The number of rotatable bonds is 8. The Balaban J connectivity index is 1.33. The maximum Gasteiger partial charge on any atom is 0.338 e. The summed E-state index contributed by atoms with van der Waals surface area (Å²) in [6, 6.07) is 12.0. The highest BCUT2D eigenvalue weighted by molar-refractivity contribution is 6.31. The number of ether oxygens (including phenoxy) is 2. The van der Waals surface area contributed by atoms with Crippen LogP contribution in [0.3, 0.4) is 0 Å². The summed E-state index contributed by atoms with van der Waals surface area (Å²) in [5.74, 6) is -3.47. The molecule has 2 aromatic rings. The van der Waals surface area contributed by atoms with Crippen molar-refractivity contribution >= 4 is 64.2 Å². The highest BCUT2D eigenvalue weighted by Gasteiger charge is 2.52. The fraction of sp³-hybridized carbons (Fsp3) is 0.393. The molecule has 0 aromatic heterocycles. The second kappa shape index (κ2) is 12.2. The van der Waals surface area contributed by atoms with E-state index in [0.717, 1.165) is 4.90 Å². The van der Waals surface area contributed by atoms with Crippen molar-refractivity contribution in [1.29, 1.82) is 0 Å². The average Bonchev–Trinajstić information content (AvgIpc) is 3.15. The molecule has 4 rings (SSSR count). The van der Waals surface area contributed by atoms with Gasteiger partial charge in [-0.2, -0.15) is 0 Å². The summed E-state index contributed by atoms with van der Waals surface area (Å²) < 4.78 is 10.3. The van der Waals surface area contributed by atoms with Crippen LogP contribution in [0, 0.1) is 17.8 Å². The van der Waals surface area contributed by atoms with Crippen molar-refractivity contribution in [3.8, 4) is 0 Å². The Morgan fingerprint density at radius 1 is 0.897 bits per heavy atom. The van der Waals surface area contributed by atoms with Crippen molar-refractivity contribution in [2.45, 2.75) is 37.4 Å². The predicted molar refractivity (Wildman–Crippen MR) is 145 cm³/mol. The quantitative estimate of drug-likeness (QED) is 0.281. The number of benzene rings is 2. The van der Waals surface area contributed by atoms with Gasteiger partial charge in [-0.1, -0.05) is 19.9 Å². The zero-order valence-electron chi connectivity index (χ0n) is 21.4. The van der Waals surface area contributed by atoms with Crippen molar-refractivity contribution in [2.24, 2.45) is 17.8 Å². The average molecular weight is 575 g/mol. The molecular formula is C28H28Cl2N2O7. The Hall–Kier alpha value is -3.43. The highest BCUT2D eigenvalue weighted by atomic mass is 35.5. The molecule has 1 saturated carbocycles. The van der Waals surface area contributed by atoms with Gasteiger partial charge in [0.2, 0.25) is 11.8 Å². The standard InChI is InChI=1S/C28H28Cl2N2O7/c1-15(2)13-38-27(36)16-6-8-18(9-7-16)31-24(33)14-39-28(37)17-4-3-5-19(10-17)32-25(34)20-11-22(29)23(30)12-21(20)26(32)35/h3-10,15,20-23H,11-14H2,1-2H3,(H,31,33)/t20-,21+,22+,23-. The first-order valence-corrected chi connectivity index (χ1v) is 13.4. The summed E-state index contributed by atoms with van der Waals surface area (Å²) in [6.07, 6.45) is 0.618. The first-order valence-electron chi connectivity index (χ1n) is 12.5. The molecule has 11 heteroatoms. The monoisotopic (exact) mass is 574 g/mol. The van der Waals surface area contributed by atoms with Gasteiger partial charge >= 0.3 is 11.9 Å². The first-order chi connectivity index (χ1) is 18.5. The number of amides is 3. The maximum atomic E-state index is 13.0. The fourth-order valence-electron chi connectivity index (χ4n) is 4.55. The fourth-order valence-corrected chi connectivity index (χ4v) is 5.14. The minimum Gasteiger partial charge on any atom is -0.462 e. The number of halogens is 2. The van der Waals surface area contributed by atoms with E-state index in [0.29, 0.717) is 30.7 Å². The zero-order valence-corrected chi connectivity index (χ0v) is 22.9. The lowest BCUT2D eigenvalue weighted by molar-refractivity contribution is -0.122. The summed E-state index contributed by atoms with van der Waals surface area (Å²) in [4.78, 5) is 64.0. The number of carbonyl (C=O) groups is 5. The number of imide groups is 1. The molecule has 3 amide bonds. The molecule has 2 fully saturated rings. The van der Waals surface area contributed by atoms with Crippen molar-refractivity contribution < 1.29 is 33.4 Å². The van der Waals surface area contributed by atoms with Crippen molar-refractivity contribution in [2.75, 3.05) is 23.4 Å². The largest absolute Gasteiger partial charge is 0.462 e. The topological polar surface area (TPSA) is 119 Å². The van der Waals surface area contributed by atoms with Gasteiger partial charge in [0.25, 0.3) is 5.91 Å². The Kier molecular flexibility index (Phi) is 8.92. The van der Waals surface area contributed by atoms with Crippen LogP contribution in [0.5, 0.6) is 0 Å². The lowest BCUT2D eigenvalue weighted by Gasteiger charge is -2.28. The van der Waals surface area contributed by atoms with Crippen LogP contribution in [0.25, 0.3) is 0 Å². The van der Waals surface area contributed by atoms with Crippen LogP contribution >= 0.6 is 23.2 Å². The van der Waals surface area contributed by atoms with Crippen molar-refractivity contribution in [1.82, 2.24) is 0 Å². The molecule has 0 spiro atoms. The minimum atomic E-state index is -0.798. The van der Waals surface area contributed by atoms with E-state index in [2.05, 4.69) is 5.32 Å². The summed E-state index contributed by atoms with van der Waals surface area (Å²) in [5, 5.41) is 1.78. The predicted octanol–water partition coefficient (Wildman–Crippen LogP) is 4.41. The number of nitrogens with zero attached hydrogens (tertiary/aromatic N) is 1. The van der Waals surface area contributed by atoms with E-state index in [1.165, 1.54) is 42.5 Å². The van der Waals surface area contributed by atoms with E-state index in [-0.39, 0.29) is 29.0 Å². The number of esters is 2. The van der Waals surface area contributed by atoms with Gasteiger partial charge in [-0.05, 0) is 61.2 Å². The van der Waals surface area contributed by atoms with Crippen LogP contribution in [0.15, 0.2) is 48.5 Å². The van der Waals surface area contributed by atoms with Gasteiger partial charge in [-0.3, -0.25) is 19.3 Å². The molecule has 1 saturated heterocycles. The molecular weight excluding hydrogens is 547 g/mol. The second-order valence-corrected chi connectivity index (χ2v) is 11.1. The number of fused-ring (bicyclic) bond motifs is 1. The summed E-state index contributed by atoms with van der Waals surface area (Å²) >= 11 is 12.5. The van der Waals surface area contributed by atoms with Crippen LogP contribution in [0.2, 0.25) is 0 Å². The molecule has 9 nitrogen and oxygen atoms in total. The van der Waals surface area contributed by atoms with E-state index in [1.54, 1.807) is 6.07 Å². The summed E-state index contributed by atoms with van der Waals surface area (Å²) in [6.45, 7) is 3.60. The van der Waals surface area contributed by atoms with Crippen molar-refractivity contribution in [3.63, 3.8) is 0 Å². The molecule has 1 heterocycles. The number of hydrogen-bond donors (Lipinski definition) is 1. The van der Waals surface area contributed by atoms with Crippen LogP contribution in [-0.4, -0.2) is 53.6 Å². The molecule has 39 heavy (non-hydrogen) atoms. The lowest BCUT2D eigenvalue weighted by atomic mass is 9.80. The summed E-state index contributed by atoms with van der Waals surface area (Å²) in [5.41, 5.74) is 1.07. The molecule has 2 aliphatic rings. The number of alkyl halides is 2. The third-order valence-electron chi connectivity index (χ3n) is 6.54. The van der Waals surface area contributed by atoms with Gasteiger partial charge in [0.1, 0.15) is 0 Å². The SMILES string of the molecule is CC(C)COC(=O)c1ccc(NC(=O)COC(=O)c2cccc(N3C(=O)[C@H]4C[C@@H](Cl)[C@@H](Cl)C[C@H]4C3=O)c2)cc1.